The zero-order chi connectivity index (χ0) is 69.6. The molecule has 0 atom stereocenters. The van der Waals surface area contributed by atoms with Crippen molar-refractivity contribution in [3.63, 3.8) is 0 Å². The van der Waals surface area contributed by atoms with Crippen LogP contribution in [0.2, 0.25) is 0 Å². The van der Waals surface area contributed by atoms with Gasteiger partial charge in [0.1, 0.15) is 80.6 Å². The van der Waals surface area contributed by atoms with Gasteiger partial charge in [0.25, 0.3) is 20.1 Å². The summed E-state index contributed by atoms with van der Waals surface area (Å²) in [5, 5.41) is 6.30. The predicted molar refractivity (Wildman–Crippen MR) is 419 cm³/mol. The highest BCUT2D eigenvalue weighted by atomic mass is 19.1. The number of rotatable bonds is 5. The van der Waals surface area contributed by atoms with Crippen molar-refractivity contribution in [2.45, 2.75) is 0 Å². The van der Waals surface area contributed by atoms with E-state index in [4.69, 9.17) is 18.9 Å². The lowest BCUT2D eigenvalue weighted by molar-refractivity contribution is 0.464. The van der Waals surface area contributed by atoms with Crippen LogP contribution < -0.4 is 77.9 Å². The Morgan fingerprint density at radius 3 is 0.849 bits per heavy atom. The molecule has 0 N–H and O–H groups in total. The largest absolute Gasteiger partial charge is 0.458 e. The maximum absolute atomic E-state index is 17.6. The zero-order valence-electron chi connectivity index (χ0n) is 55.8. The van der Waals surface area contributed by atoms with Gasteiger partial charge in [0.15, 0.2) is 0 Å². The van der Waals surface area contributed by atoms with Crippen LogP contribution in [-0.4, -0.2) is 33.8 Å². The van der Waals surface area contributed by atoms with E-state index in [1.807, 2.05) is 133 Å². The second-order valence-corrected chi connectivity index (χ2v) is 28.2. The van der Waals surface area contributed by atoms with Crippen molar-refractivity contribution in [3.8, 4) is 63.1 Å². The molecule has 0 spiro atoms. The summed E-state index contributed by atoms with van der Waals surface area (Å²) in [5.74, 6) is 1.14. The van der Waals surface area contributed by atoms with Crippen LogP contribution in [0.3, 0.4) is 0 Å². The summed E-state index contributed by atoms with van der Waals surface area (Å²) < 4.78 is 106. The fourth-order valence-electron chi connectivity index (χ4n) is 18.7. The second-order valence-electron chi connectivity index (χ2n) is 28.2. The fourth-order valence-corrected chi connectivity index (χ4v) is 18.7. The number of ether oxygens (including phenoxy) is 4. The first kappa shape index (κ1) is 58.0. The molecule has 24 rings (SSSR count). The van der Waals surface area contributed by atoms with Gasteiger partial charge < -0.3 is 42.4 Å². The molecular formula is C90H48B3F4N5O4. The molecule has 0 saturated heterocycles. The van der Waals surface area contributed by atoms with E-state index < -0.39 is 43.4 Å². The Morgan fingerprint density at radius 1 is 0.217 bits per heavy atom. The molecule has 0 bridgehead atoms. The zero-order valence-corrected chi connectivity index (χ0v) is 55.8. The third-order valence-electron chi connectivity index (χ3n) is 22.9. The summed E-state index contributed by atoms with van der Waals surface area (Å²) in [5.41, 5.74) is 16.3. The maximum atomic E-state index is 17.6. The van der Waals surface area contributed by atoms with Gasteiger partial charge >= 0.3 is 0 Å². The lowest BCUT2D eigenvalue weighted by Gasteiger charge is -2.43. The van der Waals surface area contributed by atoms with E-state index in [-0.39, 0.29) is 11.4 Å². The van der Waals surface area contributed by atoms with Crippen LogP contribution in [0.25, 0.3) is 82.5 Å². The molecule has 494 valence electrons. The Labute approximate surface area is 602 Å². The monoisotopic (exact) mass is 1370 g/mol. The Balaban J connectivity index is 0.790. The summed E-state index contributed by atoms with van der Waals surface area (Å²) in [6.45, 7) is -1.78. The van der Waals surface area contributed by atoms with Crippen LogP contribution in [-0.2, 0) is 0 Å². The van der Waals surface area contributed by atoms with E-state index in [0.717, 1.165) is 132 Å². The number of nitrogens with zero attached hydrogens (tertiary/aromatic N) is 5. The number of aromatic nitrogens is 3. The van der Waals surface area contributed by atoms with Gasteiger partial charge in [-0.1, -0.05) is 170 Å². The van der Waals surface area contributed by atoms with E-state index in [9.17, 15) is 0 Å². The molecular weight excluding hydrogens is 1320 g/mol. The van der Waals surface area contributed by atoms with Gasteiger partial charge in [0, 0.05) is 96.9 Å². The van der Waals surface area contributed by atoms with Crippen molar-refractivity contribution in [1.82, 2.24) is 13.7 Å². The van der Waals surface area contributed by atoms with Crippen molar-refractivity contribution in [2.75, 3.05) is 9.80 Å². The maximum Gasteiger partial charge on any atom is 0.260 e. The number of halogens is 4. The summed E-state index contributed by atoms with van der Waals surface area (Å²) in [7, 11) is 0. The average Bonchev–Trinajstić information content (AvgIpc) is 0.778. The van der Waals surface area contributed by atoms with Crippen LogP contribution in [0.1, 0.15) is 0 Å². The van der Waals surface area contributed by atoms with Crippen LogP contribution >= 0.6 is 0 Å². The quantitative estimate of drug-likeness (QED) is 0.126. The lowest BCUT2D eigenvalue weighted by Crippen LogP contribution is -2.64. The average molecular weight is 1370 g/mol. The van der Waals surface area contributed by atoms with Gasteiger partial charge in [-0.15, -0.1) is 0 Å². The number of anilines is 6. The molecule has 6 aliphatic heterocycles. The molecule has 106 heavy (non-hydrogen) atoms. The highest BCUT2D eigenvalue weighted by Gasteiger charge is 2.50. The molecule has 15 aromatic carbocycles. The van der Waals surface area contributed by atoms with Crippen molar-refractivity contribution in [2.24, 2.45) is 0 Å². The summed E-state index contributed by atoms with van der Waals surface area (Å²) >= 11 is 0. The van der Waals surface area contributed by atoms with E-state index >= 15 is 17.6 Å². The van der Waals surface area contributed by atoms with Gasteiger partial charge in [-0.25, -0.2) is 17.6 Å². The van der Waals surface area contributed by atoms with Gasteiger partial charge in [-0.05, 0) is 129 Å². The predicted octanol–water partition coefficient (Wildman–Crippen LogP) is 17.1. The molecule has 0 fully saturated rings. The molecule has 0 saturated carbocycles. The SMILES string of the molecule is Fc1cccc(F)c1N1c2cc3c(cc2B2c4ccccc4Oc4cc(-n5c6ccccc6c6ccccc65)cc1c42)B1c2cc4c(cc2Oc2cc(-n5c6ccccc6c6ccccc65)cc(c21)O3)N(c1c(F)cccc1F)c1cc(-n2c3ccccc3c3ccccc32)cc2c1B4c1ccccc1O2. The van der Waals surface area contributed by atoms with Gasteiger partial charge in [-0.2, -0.15) is 0 Å². The molecule has 9 nitrogen and oxygen atoms in total. The molecule has 3 aromatic heterocycles. The Bertz CT molecular complexity index is 6510. The fraction of sp³-hybridized carbons (Fsp3) is 0. The van der Waals surface area contributed by atoms with Gasteiger partial charge in [0.2, 0.25) is 0 Å². The van der Waals surface area contributed by atoms with Crippen molar-refractivity contribution in [1.29, 1.82) is 0 Å². The molecule has 0 aliphatic carbocycles. The minimum Gasteiger partial charge on any atom is -0.458 e. The standard InChI is InChI=1S/C90H48B3F4N5O4/c94-64-27-17-28-65(95)89(64)101-74-47-80-62(45-60(74)91-58-25-7-15-37-78(58)103-82-41-49(39-76(101)86(82)91)98-68-31-9-1-19-52(68)53-20-2-10-32-69(53)98)93-63-46-61-75(48-81(63)106-85-44-51(43-84(105-80)88(85)93)100-72-35-13-5-23-56(72)57-24-6-14-36-73(57)100)102(90-66(96)29-18-30-67(90)97)77-40-50(42-83-87(77)92(61)59-26-8-16-38-79(59)104-83)99-70-33-11-3-21-54(70)55-22-4-12-34-71(55)99/h1-48H. The molecule has 0 unspecified atom stereocenters. The topological polar surface area (TPSA) is 58.2 Å². The third kappa shape index (κ3) is 7.70. The molecule has 6 aliphatic rings. The summed E-state index contributed by atoms with van der Waals surface area (Å²) in [4.78, 5) is 3.44. The number of hydrogen-bond donors (Lipinski definition) is 0. The smallest absolute Gasteiger partial charge is 0.260 e. The number of hydrogen-bond acceptors (Lipinski definition) is 6. The van der Waals surface area contributed by atoms with Crippen molar-refractivity contribution < 1.29 is 36.5 Å². The lowest BCUT2D eigenvalue weighted by atomic mass is 9.30. The minimum atomic E-state index is -0.767. The Hall–Kier alpha value is -13.6. The molecule has 16 heteroatoms. The number of fused-ring (bicyclic) bond motifs is 21. The first-order chi connectivity index (χ1) is 52.2. The Kier molecular flexibility index (Phi) is 11.5. The van der Waals surface area contributed by atoms with Gasteiger partial charge in [0.05, 0.1) is 50.2 Å². The highest BCUT2D eigenvalue weighted by Crippen LogP contribution is 2.51. The van der Waals surface area contributed by atoms with Gasteiger partial charge in [-0.3, -0.25) is 0 Å². The first-order valence-corrected chi connectivity index (χ1v) is 35.5. The number of para-hydroxylation sites is 10. The van der Waals surface area contributed by atoms with E-state index in [0.29, 0.717) is 68.7 Å². The Morgan fingerprint density at radius 2 is 0.500 bits per heavy atom. The van der Waals surface area contributed by atoms with Crippen LogP contribution in [0.5, 0.6) is 46.0 Å². The molecule has 0 amide bonds. The van der Waals surface area contributed by atoms with Crippen LogP contribution in [0, 0.1) is 23.3 Å². The first-order valence-electron chi connectivity index (χ1n) is 35.5. The summed E-state index contributed by atoms with van der Waals surface area (Å²) in [6, 6.07) is 94.2. The number of benzene rings is 15. The van der Waals surface area contributed by atoms with Crippen LogP contribution in [0.15, 0.2) is 291 Å². The van der Waals surface area contributed by atoms with E-state index in [2.05, 4.69) is 135 Å². The summed E-state index contributed by atoms with van der Waals surface area (Å²) in [6.07, 6.45) is 0. The van der Waals surface area contributed by atoms with E-state index in [1.54, 1.807) is 9.80 Å². The second kappa shape index (κ2) is 21.1. The normalized spacial score (nSPS) is 13.7. The molecule has 18 aromatic rings. The highest BCUT2D eigenvalue weighted by molar-refractivity contribution is 7.03. The van der Waals surface area contributed by atoms with Crippen molar-refractivity contribution in [3.05, 3.63) is 314 Å². The molecule has 0 radical (unpaired) electrons. The van der Waals surface area contributed by atoms with Crippen LogP contribution in [0.4, 0.5) is 51.7 Å². The minimum absolute atomic E-state index is 0.271. The van der Waals surface area contributed by atoms with E-state index in [1.165, 1.54) is 36.4 Å². The molecule has 9 heterocycles. The third-order valence-corrected chi connectivity index (χ3v) is 22.9. The van der Waals surface area contributed by atoms with Crippen molar-refractivity contribution >= 4 is 169 Å².